The molecule has 1 nitrogen and oxygen atoms in total. The van der Waals surface area contributed by atoms with Crippen molar-refractivity contribution in [2.75, 3.05) is 0 Å². The Bertz CT molecular complexity index is 266. The van der Waals surface area contributed by atoms with Crippen molar-refractivity contribution in [1.29, 1.82) is 0 Å². The van der Waals surface area contributed by atoms with Gasteiger partial charge in [-0.1, -0.05) is 47.5 Å². The van der Waals surface area contributed by atoms with Gasteiger partial charge in [0.15, 0.2) is 0 Å². The zero-order valence-electron chi connectivity index (χ0n) is 13.8. The zero-order chi connectivity index (χ0) is 11.5. The van der Waals surface area contributed by atoms with Crippen LogP contribution in [0.15, 0.2) is 16.7 Å². The van der Waals surface area contributed by atoms with Crippen LogP contribution < -0.4 is 24.8 Å². The van der Waals surface area contributed by atoms with Crippen LogP contribution in [0.3, 0.4) is 0 Å². The van der Waals surface area contributed by atoms with E-state index in [0.717, 1.165) is 0 Å². The van der Waals surface area contributed by atoms with Crippen molar-refractivity contribution in [2.24, 2.45) is 5.92 Å². The van der Waals surface area contributed by atoms with E-state index in [1.807, 2.05) is 20.8 Å². The van der Waals surface area contributed by atoms with E-state index in [2.05, 4.69) is 33.8 Å². The maximum Gasteiger partial charge on any atom is 2.00 e. The first-order valence-electron chi connectivity index (χ1n) is 5.15. The van der Waals surface area contributed by atoms with E-state index in [-0.39, 0.29) is 77.9 Å². The van der Waals surface area contributed by atoms with Crippen LogP contribution in [0.5, 0.6) is 0 Å². The van der Waals surface area contributed by atoms with Gasteiger partial charge in [-0.15, -0.1) is 12.5 Å². The molecule has 1 rings (SSSR count). The molecule has 0 aromatic heterocycles. The Morgan fingerprint density at radius 1 is 1.00 bits per heavy atom. The van der Waals surface area contributed by atoms with Crippen molar-refractivity contribution < 1.29 is 46.5 Å². The van der Waals surface area contributed by atoms with Gasteiger partial charge in [-0.2, -0.15) is 11.1 Å². The van der Waals surface area contributed by atoms with E-state index in [1.54, 1.807) is 0 Å². The molecule has 0 heterocycles. The summed E-state index contributed by atoms with van der Waals surface area (Å²) in [6.07, 6.45) is 3.36. The largest absolute Gasteiger partial charge is 2.00 e. The second-order valence-electron chi connectivity index (χ2n) is 5.05. The van der Waals surface area contributed by atoms with Crippen molar-refractivity contribution in [3.05, 3.63) is 43.4 Å². The van der Waals surface area contributed by atoms with Gasteiger partial charge < -0.3 is 45.4 Å². The van der Waals surface area contributed by atoms with Crippen LogP contribution in [0.1, 0.15) is 48.5 Å². The Hall–Kier alpha value is 0.951. The summed E-state index contributed by atoms with van der Waals surface area (Å²) in [5.74, 6) is 0.560. The summed E-state index contributed by atoms with van der Waals surface area (Å²) in [5.41, 5.74) is 10.9. The van der Waals surface area contributed by atoms with Crippen LogP contribution in [0.25, 0.3) is 5.73 Å². The van der Waals surface area contributed by atoms with Gasteiger partial charge in [0, 0.05) is 0 Å². The standard InChI is InChI=1S/C9H13.C4H10N.2CH3.2ClH.H4Si.Ti/c1-6-5-7(2)9(4)8(6)3;1-4(2,3)5;;;;;;/h6H,1-4H3;5H,1-3H3;2*1H3;2*1H;1H4;/q4*-1;;;;+2/p-2. The molecular weight excluding hydrogens is 341 g/mol. The minimum absolute atomic E-state index is 0. The van der Waals surface area contributed by atoms with Crippen molar-refractivity contribution in [1.82, 2.24) is 0 Å². The topological polar surface area (TPSA) is 23.8 Å². The molecule has 0 radical (unpaired) electrons. The molecule has 0 aromatic carbocycles. The number of hydrogen-bond donors (Lipinski definition) is 0. The van der Waals surface area contributed by atoms with Crippen LogP contribution in [0.2, 0.25) is 0 Å². The first kappa shape index (κ1) is 42.8. The quantitative estimate of drug-likeness (QED) is 0.347. The third-order valence-corrected chi connectivity index (χ3v) is 2.24. The minimum Gasteiger partial charge on any atom is -1.00 e. The second-order valence-corrected chi connectivity index (χ2v) is 5.05. The number of halogens is 2. The number of allylic oxidation sites excluding steroid dienone is 4. The number of rotatable bonds is 0. The maximum absolute atomic E-state index is 6.94. The molecule has 5 heteroatoms. The Morgan fingerprint density at radius 3 is 1.30 bits per heavy atom. The summed E-state index contributed by atoms with van der Waals surface area (Å²) in [7, 11) is 0. The predicted octanol–water partition coefficient (Wildman–Crippen LogP) is -1.99. The molecule has 0 spiro atoms. The van der Waals surface area contributed by atoms with Crippen LogP contribution >= 0.6 is 0 Å². The van der Waals surface area contributed by atoms with Crippen molar-refractivity contribution in [3.8, 4) is 0 Å². The maximum atomic E-state index is 6.94. The molecule has 0 aliphatic heterocycles. The Balaban J connectivity index is -0.0000000282. The fourth-order valence-corrected chi connectivity index (χ4v) is 1.16. The SMILES string of the molecule is CC(C)(C)[NH-].CC1=[C-]C(C)C(C)=C1C.[CH3-].[CH3-].[Cl-].[Cl-].[SiH4].[Ti+2]. The average molecular weight is 374 g/mol. The van der Waals surface area contributed by atoms with Gasteiger partial charge in [0.05, 0.1) is 0 Å². The molecule has 0 saturated carbocycles. The van der Waals surface area contributed by atoms with E-state index in [9.17, 15) is 0 Å². The smallest absolute Gasteiger partial charge is 1.00 e. The summed E-state index contributed by atoms with van der Waals surface area (Å²) >= 11 is 0. The van der Waals surface area contributed by atoms with Gasteiger partial charge in [0.2, 0.25) is 0 Å². The zero-order valence-corrected chi connectivity index (χ0v) is 16.9. The summed E-state index contributed by atoms with van der Waals surface area (Å²) < 4.78 is 0. The van der Waals surface area contributed by atoms with E-state index in [0.29, 0.717) is 5.92 Å². The molecular formula is C15H33Cl2NSiTi-4. The Morgan fingerprint density at radius 2 is 1.25 bits per heavy atom. The molecule has 0 saturated heterocycles. The van der Waals surface area contributed by atoms with Crippen LogP contribution in [0, 0.1) is 26.8 Å². The van der Waals surface area contributed by atoms with E-state index in [4.69, 9.17) is 5.73 Å². The Kier molecular flexibility index (Phi) is 38.6. The van der Waals surface area contributed by atoms with E-state index >= 15 is 0 Å². The molecule has 124 valence electrons. The number of hydrogen-bond acceptors (Lipinski definition) is 0. The second kappa shape index (κ2) is 18.0. The van der Waals surface area contributed by atoms with Crippen LogP contribution in [-0.2, 0) is 21.7 Å². The summed E-state index contributed by atoms with van der Waals surface area (Å²) in [6, 6.07) is 0. The molecule has 0 fully saturated rings. The molecule has 0 bridgehead atoms. The van der Waals surface area contributed by atoms with Crippen LogP contribution in [0.4, 0.5) is 0 Å². The Labute approximate surface area is 160 Å². The molecule has 1 aliphatic rings. The van der Waals surface area contributed by atoms with Crippen LogP contribution in [-0.4, -0.2) is 16.5 Å². The third-order valence-electron chi connectivity index (χ3n) is 2.24. The number of nitrogens with one attached hydrogen (secondary N) is 1. The van der Waals surface area contributed by atoms with E-state index < -0.39 is 0 Å². The van der Waals surface area contributed by atoms with Gasteiger partial charge in [-0.3, -0.25) is 6.08 Å². The molecule has 1 atom stereocenters. The first-order chi connectivity index (χ1) is 6.13. The normalized spacial score (nSPS) is 15.2. The molecule has 20 heavy (non-hydrogen) atoms. The van der Waals surface area contributed by atoms with Crippen molar-refractivity contribution in [2.45, 2.75) is 54.0 Å². The molecule has 1 unspecified atom stereocenters. The third kappa shape index (κ3) is 21.3. The van der Waals surface area contributed by atoms with Gasteiger partial charge in [-0.25, -0.2) is 5.57 Å². The van der Waals surface area contributed by atoms with Crippen molar-refractivity contribution in [3.63, 3.8) is 0 Å². The summed E-state index contributed by atoms with van der Waals surface area (Å²) in [4.78, 5) is 0. The fourth-order valence-electron chi connectivity index (χ4n) is 1.16. The monoisotopic (exact) mass is 373 g/mol. The minimum atomic E-state index is -0.250. The van der Waals surface area contributed by atoms with Gasteiger partial charge >= 0.3 is 21.7 Å². The summed E-state index contributed by atoms with van der Waals surface area (Å²) in [6.45, 7) is 14.2. The molecule has 1 N–H and O–H groups in total. The van der Waals surface area contributed by atoms with Gasteiger partial charge in [0.25, 0.3) is 0 Å². The van der Waals surface area contributed by atoms with Gasteiger partial charge in [-0.05, 0) is 11.0 Å². The molecule has 0 aromatic rings. The first-order valence-corrected chi connectivity index (χ1v) is 5.15. The fraction of sp³-hybridized carbons (Fsp3) is 0.600. The average Bonchev–Trinajstić information content (AvgIpc) is 2.14. The van der Waals surface area contributed by atoms with Crippen molar-refractivity contribution >= 4 is 11.0 Å². The molecule has 1 aliphatic carbocycles. The summed E-state index contributed by atoms with van der Waals surface area (Å²) in [5, 5.41) is 0. The van der Waals surface area contributed by atoms with Gasteiger partial charge in [0.1, 0.15) is 0 Å². The predicted molar refractivity (Wildman–Crippen MR) is 88.2 cm³/mol. The van der Waals surface area contributed by atoms with E-state index in [1.165, 1.54) is 16.7 Å². The molecule has 0 amide bonds.